The zero-order chi connectivity index (χ0) is 15.9. The molecule has 2 aromatic rings. The normalized spacial score (nSPS) is 15.5. The molecule has 1 saturated heterocycles. The summed E-state index contributed by atoms with van der Waals surface area (Å²) in [5.41, 5.74) is 8.72. The summed E-state index contributed by atoms with van der Waals surface area (Å²) in [7, 11) is 0. The van der Waals surface area contributed by atoms with E-state index in [0.717, 1.165) is 68.4 Å². The van der Waals surface area contributed by atoms with E-state index in [1.54, 1.807) is 0 Å². The second-order valence-corrected chi connectivity index (χ2v) is 5.79. The molecule has 1 aromatic heterocycles. The summed E-state index contributed by atoms with van der Waals surface area (Å²) in [6.45, 7) is 5.87. The quantitative estimate of drug-likeness (QED) is 0.634. The molecule has 5 nitrogen and oxygen atoms in total. The minimum Gasteiger partial charge on any atom is -0.399 e. The van der Waals surface area contributed by atoms with Crippen molar-refractivity contribution in [2.45, 2.75) is 6.42 Å². The van der Waals surface area contributed by atoms with Gasteiger partial charge in [0.1, 0.15) is 5.82 Å². The lowest BCUT2D eigenvalue weighted by atomic mass is 10.1. The first kappa shape index (κ1) is 15.8. The van der Waals surface area contributed by atoms with Crippen LogP contribution in [0, 0.1) is 0 Å². The number of nitrogen functional groups attached to an aromatic ring is 1. The monoisotopic (exact) mass is 312 g/mol. The molecule has 122 valence electrons. The molecule has 1 aliphatic rings. The maximum absolute atomic E-state index is 5.71. The van der Waals surface area contributed by atoms with E-state index in [9.17, 15) is 0 Å². The number of benzene rings is 1. The molecule has 0 saturated carbocycles. The molecule has 1 aliphatic heterocycles. The van der Waals surface area contributed by atoms with Crippen molar-refractivity contribution in [2.75, 3.05) is 50.4 Å². The van der Waals surface area contributed by atoms with E-state index in [1.807, 2.05) is 36.5 Å². The lowest BCUT2D eigenvalue weighted by Crippen LogP contribution is -2.37. The van der Waals surface area contributed by atoms with Crippen molar-refractivity contribution in [3.8, 4) is 11.1 Å². The van der Waals surface area contributed by atoms with Gasteiger partial charge >= 0.3 is 0 Å². The molecule has 3 N–H and O–H groups in total. The van der Waals surface area contributed by atoms with E-state index in [-0.39, 0.29) is 0 Å². The molecule has 0 unspecified atom stereocenters. The molecule has 1 aromatic carbocycles. The Hall–Kier alpha value is -2.11. The number of pyridine rings is 1. The first-order valence-electron chi connectivity index (χ1n) is 8.17. The average Bonchev–Trinajstić information content (AvgIpc) is 2.61. The molecule has 3 rings (SSSR count). The van der Waals surface area contributed by atoms with Crippen LogP contribution in [0.1, 0.15) is 6.42 Å². The minimum absolute atomic E-state index is 0.778. The number of nitrogens with two attached hydrogens (primary N) is 1. The fraction of sp³-hybridized carbons (Fsp3) is 0.389. The van der Waals surface area contributed by atoms with Gasteiger partial charge in [-0.3, -0.25) is 4.90 Å². The molecule has 0 radical (unpaired) electrons. The van der Waals surface area contributed by atoms with Crippen LogP contribution in [0.3, 0.4) is 0 Å². The van der Waals surface area contributed by atoms with Crippen LogP contribution in [0.25, 0.3) is 11.1 Å². The fourth-order valence-corrected chi connectivity index (χ4v) is 2.69. The number of morpholine rings is 1. The molecule has 0 atom stereocenters. The summed E-state index contributed by atoms with van der Waals surface area (Å²) in [5.74, 6) is 0.922. The summed E-state index contributed by atoms with van der Waals surface area (Å²) >= 11 is 0. The lowest BCUT2D eigenvalue weighted by molar-refractivity contribution is 0.0378. The third kappa shape index (κ3) is 4.68. The Morgan fingerprint density at radius 1 is 1.04 bits per heavy atom. The summed E-state index contributed by atoms with van der Waals surface area (Å²) in [6.07, 6.45) is 3.01. The Kier molecular flexibility index (Phi) is 5.45. The first-order chi connectivity index (χ1) is 11.3. The summed E-state index contributed by atoms with van der Waals surface area (Å²) in [4.78, 5) is 6.93. The number of nitrogens with zero attached hydrogens (tertiary/aromatic N) is 2. The molecular formula is C18H24N4O. The van der Waals surface area contributed by atoms with Crippen LogP contribution in [0.4, 0.5) is 11.5 Å². The standard InChI is InChI=1S/C18H24N4O/c19-17-5-2-15(3-6-17)16-4-7-18(21-14-16)20-8-1-9-22-10-12-23-13-11-22/h2-7,14H,1,8-13,19H2,(H,20,21). The van der Waals surface area contributed by atoms with Crippen molar-refractivity contribution in [3.05, 3.63) is 42.6 Å². The molecule has 1 fully saturated rings. The average molecular weight is 312 g/mol. The fourth-order valence-electron chi connectivity index (χ4n) is 2.69. The molecule has 5 heteroatoms. The van der Waals surface area contributed by atoms with Crippen molar-refractivity contribution in [1.82, 2.24) is 9.88 Å². The number of ether oxygens (including phenoxy) is 1. The molecule has 0 aliphatic carbocycles. The van der Waals surface area contributed by atoms with Gasteiger partial charge in [-0.2, -0.15) is 0 Å². The molecule has 0 amide bonds. The van der Waals surface area contributed by atoms with Gasteiger partial charge in [-0.1, -0.05) is 12.1 Å². The van der Waals surface area contributed by atoms with E-state index in [1.165, 1.54) is 0 Å². The Morgan fingerprint density at radius 3 is 2.48 bits per heavy atom. The van der Waals surface area contributed by atoms with Crippen LogP contribution >= 0.6 is 0 Å². The maximum Gasteiger partial charge on any atom is 0.125 e. The predicted octanol–water partition coefficient (Wildman–Crippen LogP) is 2.47. The Morgan fingerprint density at radius 2 is 1.78 bits per heavy atom. The van der Waals surface area contributed by atoms with Gasteiger partial charge in [0.05, 0.1) is 13.2 Å². The second kappa shape index (κ2) is 7.94. The van der Waals surface area contributed by atoms with Crippen LogP contribution in [-0.2, 0) is 4.74 Å². The van der Waals surface area contributed by atoms with Gasteiger partial charge in [0.2, 0.25) is 0 Å². The van der Waals surface area contributed by atoms with Gasteiger partial charge in [0, 0.05) is 37.1 Å². The van der Waals surface area contributed by atoms with Crippen molar-refractivity contribution >= 4 is 11.5 Å². The number of hydrogen-bond acceptors (Lipinski definition) is 5. The largest absolute Gasteiger partial charge is 0.399 e. The Labute approximate surface area is 137 Å². The maximum atomic E-state index is 5.71. The Bertz CT molecular complexity index is 591. The zero-order valence-electron chi connectivity index (χ0n) is 13.4. The third-order valence-corrected chi connectivity index (χ3v) is 4.07. The van der Waals surface area contributed by atoms with Crippen molar-refractivity contribution in [1.29, 1.82) is 0 Å². The first-order valence-corrected chi connectivity index (χ1v) is 8.17. The highest BCUT2D eigenvalue weighted by atomic mass is 16.5. The second-order valence-electron chi connectivity index (χ2n) is 5.79. The topological polar surface area (TPSA) is 63.4 Å². The van der Waals surface area contributed by atoms with Crippen LogP contribution in [-0.4, -0.2) is 49.3 Å². The van der Waals surface area contributed by atoms with E-state index < -0.39 is 0 Å². The number of aromatic nitrogens is 1. The van der Waals surface area contributed by atoms with E-state index in [4.69, 9.17) is 10.5 Å². The van der Waals surface area contributed by atoms with Crippen LogP contribution < -0.4 is 11.1 Å². The zero-order valence-corrected chi connectivity index (χ0v) is 13.4. The van der Waals surface area contributed by atoms with Gasteiger partial charge in [-0.25, -0.2) is 4.98 Å². The number of hydrogen-bond donors (Lipinski definition) is 2. The van der Waals surface area contributed by atoms with Gasteiger partial charge in [0.15, 0.2) is 0 Å². The van der Waals surface area contributed by atoms with Crippen molar-refractivity contribution in [2.24, 2.45) is 0 Å². The smallest absolute Gasteiger partial charge is 0.125 e. The van der Waals surface area contributed by atoms with E-state index in [0.29, 0.717) is 0 Å². The summed E-state index contributed by atoms with van der Waals surface area (Å²) in [6, 6.07) is 12.0. The number of nitrogens with one attached hydrogen (secondary N) is 1. The van der Waals surface area contributed by atoms with Gasteiger partial charge < -0.3 is 15.8 Å². The molecule has 0 bridgehead atoms. The van der Waals surface area contributed by atoms with Crippen molar-refractivity contribution in [3.63, 3.8) is 0 Å². The molecule has 23 heavy (non-hydrogen) atoms. The third-order valence-electron chi connectivity index (χ3n) is 4.07. The van der Waals surface area contributed by atoms with Crippen LogP contribution in [0.5, 0.6) is 0 Å². The summed E-state index contributed by atoms with van der Waals surface area (Å²) < 4.78 is 5.36. The highest BCUT2D eigenvalue weighted by molar-refractivity contribution is 5.65. The predicted molar refractivity (Wildman–Crippen MR) is 94.5 cm³/mol. The molecular weight excluding hydrogens is 288 g/mol. The van der Waals surface area contributed by atoms with Gasteiger partial charge in [0.25, 0.3) is 0 Å². The van der Waals surface area contributed by atoms with Crippen LogP contribution in [0.2, 0.25) is 0 Å². The Balaban J connectivity index is 1.45. The summed E-state index contributed by atoms with van der Waals surface area (Å²) in [5, 5.41) is 3.38. The van der Waals surface area contributed by atoms with E-state index >= 15 is 0 Å². The van der Waals surface area contributed by atoms with Gasteiger partial charge in [-0.15, -0.1) is 0 Å². The highest BCUT2D eigenvalue weighted by Crippen LogP contribution is 2.20. The molecule has 0 spiro atoms. The van der Waals surface area contributed by atoms with Gasteiger partial charge in [-0.05, 0) is 42.8 Å². The van der Waals surface area contributed by atoms with E-state index in [2.05, 4.69) is 21.3 Å². The minimum atomic E-state index is 0.778. The number of rotatable bonds is 6. The molecule has 2 heterocycles. The lowest BCUT2D eigenvalue weighted by Gasteiger charge is -2.26. The highest BCUT2D eigenvalue weighted by Gasteiger charge is 2.09. The number of anilines is 2. The SMILES string of the molecule is Nc1ccc(-c2ccc(NCCCN3CCOCC3)nc2)cc1. The van der Waals surface area contributed by atoms with Crippen molar-refractivity contribution < 1.29 is 4.74 Å². The van der Waals surface area contributed by atoms with Crippen LogP contribution in [0.15, 0.2) is 42.6 Å².